The number of fused-ring (bicyclic) bond motifs is 1. The molecule has 0 saturated heterocycles. The molecule has 3 rings (SSSR count). The molecule has 0 spiro atoms. The molecule has 2 heterocycles. The van der Waals surface area contributed by atoms with Crippen LogP contribution in [0, 0.1) is 0 Å². The maximum Gasteiger partial charge on any atom is 0.179 e. The van der Waals surface area contributed by atoms with Gasteiger partial charge in [0.1, 0.15) is 5.52 Å². The molecule has 0 fully saturated rings. The molecule has 0 bridgehead atoms. The molecule has 0 amide bonds. The first-order chi connectivity index (χ1) is 8.34. The fraction of sp³-hybridized carbons (Fsp3) is 0. The zero-order valence-electron chi connectivity index (χ0n) is 8.81. The fourth-order valence-corrected chi connectivity index (χ4v) is 1.84. The molecular weight excluding hydrogens is 236 g/mol. The van der Waals surface area contributed by atoms with E-state index >= 15 is 0 Å². The van der Waals surface area contributed by atoms with Crippen LogP contribution in [0.2, 0.25) is 5.02 Å². The molecule has 2 N–H and O–H groups in total. The third-order valence-corrected chi connectivity index (χ3v) is 2.80. The number of pyridine rings is 1. The van der Waals surface area contributed by atoms with E-state index in [-0.39, 0.29) is 0 Å². The van der Waals surface area contributed by atoms with Gasteiger partial charge in [-0.25, -0.2) is 9.97 Å². The van der Waals surface area contributed by atoms with Crippen molar-refractivity contribution in [1.82, 2.24) is 15.0 Å². The van der Waals surface area contributed by atoms with Crippen molar-refractivity contribution >= 4 is 34.1 Å². The summed E-state index contributed by atoms with van der Waals surface area (Å²) in [6.45, 7) is 0. The Kier molecular flexibility index (Phi) is 2.42. The van der Waals surface area contributed by atoms with Crippen molar-refractivity contribution in [1.29, 1.82) is 0 Å². The highest BCUT2D eigenvalue weighted by molar-refractivity contribution is 6.33. The van der Waals surface area contributed by atoms with Gasteiger partial charge in [0, 0.05) is 6.20 Å². The zero-order valence-corrected chi connectivity index (χ0v) is 9.57. The SMILES string of the molecule is Clc1ccccc1Nc1ccnc2nc[nH]c12. The summed E-state index contributed by atoms with van der Waals surface area (Å²) in [4.78, 5) is 11.3. The number of halogens is 1. The van der Waals surface area contributed by atoms with Gasteiger partial charge < -0.3 is 10.3 Å². The summed E-state index contributed by atoms with van der Waals surface area (Å²) in [7, 11) is 0. The molecule has 3 aromatic rings. The lowest BCUT2D eigenvalue weighted by Crippen LogP contribution is -1.92. The molecule has 0 saturated carbocycles. The average Bonchev–Trinajstić information content (AvgIpc) is 2.81. The van der Waals surface area contributed by atoms with Gasteiger partial charge >= 0.3 is 0 Å². The van der Waals surface area contributed by atoms with Crippen LogP contribution in [-0.2, 0) is 0 Å². The topological polar surface area (TPSA) is 53.6 Å². The van der Waals surface area contributed by atoms with E-state index in [0.717, 1.165) is 16.9 Å². The van der Waals surface area contributed by atoms with Crippen LogP contribution in [-0.4, -0.2) is 15.0 Å². The highest BCUT2D eigenvalue weighted by Gasteiger charge is 2.05. The molecule has 0 aliphatic carbocycles. The van der Waals surface area contributed by atoms with Crippen molar-refractivity contribution in [2.24, 2.45) is 0 Å². The van der Waals surface area contributed by atoms with Crippen molar-refractivity contribution in [3.63, 3.8) is 0 Å². The molecule has 0 radical (unpaired) electrons. The largest absolute Gasteiger partial charge is 0.352 e. The monoisotopic (exact) mass is 244 g/mol. The van der Waals surface area contributed by atoms with Gasteiger partial charge in [-0.05, 0) is 18.2 Å². The van der Waals surface area contributed by atoms with Crippen LogP contribution in [0.3, 0.4) is 0 Å². The molecule has 1 aromatic carbocycles. The molecular formula is C12H9ClN4. The number of aromatic nitrogens is 3. The molecule has 5 heteroatoms. The van der Waals surface area contributed by atoms with E-state index in [4.69, 9.17) is 11.6 Å². The summed E-state index contributed by atoms with van der Waals surface area (Å²) in [6, 6.07) is 9.47. The second-order valence-electron chi connectivity index (χ2n) is 3.56. The average molecular weight is 245 g/mol. The van der Waals surface area contributed by atoms with E-state index in [1.54, 1.807) is 12.5 Å². The van der Waals surface area contributed by atoms with Crippen molar-refractivity contribution in [3.8, 4) is 0 Å². The Morgan fingerprint density at radius 3 is 2.82 bits per heavy atom. The molecule has 2 aromatic heterocycles. The number of imidazole rings is 1. The van der Waals surface area contributed by atoms with Crippen LogP contribution in [0.4, 0.5) is 11.4 Å². The van der Waals surface area contributed by atoms with Gasteiger partial charge in [0.2, 0.25) is 0 Å². The molecule has 0 aliphatic rings. The zero-order chi connectivity index (χ0) is 11.7. The van der Waals surface area contributed by atoms with E-state index < -0.39 is 0 Å². The molecule has 17 heavy (non-hydrogen) atoms. The van der Waals surface area contributed by atoms with Gasteiger partial charge in [0.25, 0.3) is 0 Å². The second kappa shape index (κ2) is 4.07. The van der Waals surface area contributed by atoms with E-state index in [2.05, 4.69) is 20.3 Å². The summed E-state index contributed by atoms with van der Waals surface area (Å²) in [6.07, 6.45) is 3.33. The first-order valence-electron chi connectivity index (χ1n) is 5.14. The van der Waals surface area contributed by atoms with E-state index in [0.29, 0.717) is 10.7 Å². The highest BCUT2D eigenvalue weighted by Crippen LogP contribution is 2.27. The van der Waals surface area contributed by atoms with Gasteiger partial charge in [-0.15, -0.1) is 0 Å². The van der Waals surface area contributed by atoms with Crippen molar-refractivity contribution in [2.45, 2.75) is 0 Å². The first-order valence-corrected chi connectivity index (χ1v) is 5.52. The Hall–Kier alpha value is -2.07. The normalized spacial score (nSPS) is 10.6. The summed E-state index contributed by atoms with van der Waals surface area (Å²) in [5, 5.41) is 3.94. The maximum atomic E-state index is 6.10. The lowest BCUT2D eigenvalue weighted by atomic mass is 10.3. The number of H-pyrrole nitrogens is 1. The molecule has 0 aliphatic heterocycles. The highest BCUT2D eigenvalue weighted by atomic mass is 35.5. The molecule has 0 atom stereocenters. The summed E-state index contributed by atoms with van der Waals surface area (Å²) >= 11 is 6.10. The number of nitrogens with one attached hydrogen (secondary N) is 2. The van der Waals surface area contributed by atoms with Crippen LogP contribution in [0.1, 0.15) is 0 Å². The fourth-order valence-electron chi connectivity index (χ4n) is 1.66. The second-order valence-corrected chi connectivity index (χ2v) is 3.97. The quantitative estimate of drug-likeness (QED) is 0.727. The third kappa shape index (κ3) is 1.83. The van der Waals surface area contributed by atoms with Crippen molar-refractivity contribution < 1.29 is 0 Å². The number of hydrogen-bond acceptors (Lipinski definition) is 3. The van der Waals surface area contributed by atoms with E-state index in [1.807, 2.05) is 30.3 Å². The number of para-hydroxylation sites is 1. The lowest BCUT2D eigenvalue weighted by Gasteiger charge is -2.08. The standard InChI is InChI=1S/C12H9ClN4/c13-8-3-1-2-4-9(8)17-10-5-6-14-12-11(10)15-7-16-12/h1-7H,(H2,14,15,16,17). The Morgan fingerprint density at radius 2 is 1.94 bits per heavy atom. The molecule has 0 unspecified atom stereocenters. The summed E-state index contributed by atoms with van der Waals surface area (Å²) < 4.78 is 0. The minimum Gasteiger partial charge on any atom is -0.352 e. The predicted octanol–water partition coefficient (Wildman–Crippen LogP) is 3.35. The van der Waals surface area contributed by atoms with Gasteiger partial charge in [-0.3, -0.25) is 0 Å². The van der Waals surface area contributed by atoms with Crippen LogP contribution in [0.25, 0.3) is 11.2 Å². The van der Waals surface area contributed by atoms with Crippen LogP contribution < -0.4 is 5.32 Å². The smallest absolute Gasteiger partial charge is 0.179 e. The summed E-state index contributed by atoms with van der Waals surface area (Å²) in [5.74, 6) is 0. The number of benzene rings is 1. The van der Waals surface area contributed by atoms with Crippen molar-refractivity contribution in [2.75, 3.05) is 5.32 Å². The Morgan fingerprint density at radius 1 is 1.06 bits per heavy atom. The van der Waals surface area contributed by atoms with E-state index in [1.165, 1.54) is 0 Å². The Labute approximate surface area is 103 Å². The van der Waals surface area contributed by atoms with E-state index in [9.17, 15) is 0 Å². The van der Waals surface area contributed by atoms with Crippen LogP contribution in [0.5, 0.6) is 0 Å². The third-order valence-electron chi connectivity index (χ3n) is 2.47. The Bertz CT molecular complexity index is 662. The first kappa shape index (κ1) is 10.1. The van der Waals surface area contributed by atoms with Gasteiger partial charge in [-0.2, -0.15) is 0 Å². The number of hydrogen-bond donors (Lipinski definition) is 2. The summed E-state index contributed by atoms with van der Waals surface area (Å²) in [5.41, 5.74) is 3.31. The van der Waals surface area contributed by atoms with Gasteiger partial charge in [-0.1, -0.05) is 23.7 Å². The predicted molar refractivity (Wildman–Crippen MR) is 68.6 cm³/mol. The number of aromatic amines is 1. The number of nitrogens with zero attached hydrogens (tertiary/aromatic N) is 2. The van der Waals surface area contributed by atoms with Crippen molar-refractivity contribution in [3.05, 3.63) is 47.9 Å². The van der Waals surface area contributed by atoms with Gasteiger partial charge in [0.05, 0.1) is 22.7 Å². The minimum atomic E-state index is 0.678. The number of rotatable bonds is 2. The van der Waals surface area contributed by atoms with Crippen LogP contribution >= 0.6 is 11.6 Å². The number of anilines is 2. The maximum absolute atomic E-state index is 6.10. The lowest BCUT2D eigenvalue weighted by molar-refractivity contribution is 1.30. The van der Waals surface area contributed by atoms with Crippen LogP contribution in [0.15, 0.2) is 42.9 Å². The minimum absolute atomic E-state index is 0.678. The molecule has 4 nitrogen and oxygen atoms in total. The molecule has 84 valence electrons. The van der Waals surface area contributed by atoms with Gasteiger partial charge in [0.15, 0.2) is 5.65 Å². The Balaban J connectivity index is 2.06.